The minimum Gasteiger partial charge on any atom is -0.478 e. The van der Waals surface area contributed by atoms with Gasteiger partial charge in [0.1, 0.15) is 11.6 Å². The molecule has 1 aromatic heterocycles. The van der Waals surface area contributed by atoms with Crippen molar-refractivity contribution in [3.05, 3.63) is 65.4 Å². The van der Waals surface area contributed by atoms with E-state index >= 15 is 0 Å². The lowest BCUT2D eigenvalue weighted by atomic mass is 9.98. The topological polar surface area (TPSA) is 50.2 Å². The fourth-order valence-electron chi connectivity index (χ4n) is 2.47. The Balaban J connectivity index is 2.41. The van der Waals surface area contributed by atoms with Gasteiger partial charge >= 0.3 is 5.97 Å². The van der Waals surface area contributed by atoms with Crippen LogP contribution in [0.4, 0.5) is 8.78 Å². The zero-order valence-corrected chi connectivity index (χ0v) is 11.6. The zero-order valence-electron chi connectivity index (χ0n) is 11.6. The SMILES string of the molecule is Cc1cccc(F)c1-c1ncc(F)c2ccc(C(=O)O)cc12. The molecule has 1 N–H and O–H groups in total. The molecular weight excluding hydrogens is 288 g/mol. The number of carboxylic acids is 1. The van der Waals surface area contributed by atoms with Gasteiger partial charge in [-0.15, -0.1) is 0 Å². The van der Waals surface area contributed by atoms with Gasteiger partial charge < -0.3 is 5.11 Å². The molecule has 0 aliphatic carbocycles. The molecular formula is C17H11F2NO2. The van der Waals surface area contributed by atoms with Gasteiger partial charge in [-0.05, 0) is 30.7 Å². The summed E-state index contributed by atoms with van der Waals surface area (Å²) in [7, 11) is 0. The second-order valence-corrected chi connectivity index (χ2v) is 4.95. The van der Waals surface area contributed by atoms with Crippen molar-refractivity contribution < 1.29 is 18.7 Å². The summed E-state index contributed by atoms with van der Waals surface area (Å²) >= 11 is 0. The Morgan fingerprint density at radius 1 is 1.09 bits per heavy atom. The number of hydrogen-bond donors (Lipinski definition) is 1. The van der Waals surface area contributed by atoms with E-state index in [1.165, 1.54) is 24.3 Å². The number of rotatable bonds is 2. The third-order valence-electron chi connectivity index (χ3n) is 3.54. The largest absolute Gasteiger partial charge is 0.478 e. The van der Waals surface area contributed by atoms with Gasteiger partial charge in [-0.3, -0.25) is 4.98 Å². The predicted octanol–water partition coefficient (Wildman–Crippen LogP) is 4.19. The van der Waals surface area contributed by atoms with Crippen LogP contribution < -0.4 is 0 Å². The highest BCUT2D eigenvalue weighted by molar-refractivity contribution is 6.00. The summed E-state index contributed by atoms with van der Waals surface area (Å²) < 4.78 is 28.1. The van der Waals surface area contributed by atoms with Crippen LogP contribution in [0, 0.1) is 18.6 Å². The summed E-state index contributed by atoms with van der Waals surface area (Å²) in [5, 5.41) is 9.57. The Morgan fingerprint density at radius 2 is 1.86 bits per heavy atom. The first-order valence-electron chi connectivity index (χ1n) is 6.56. The molecule has 0 radical (unpaired) electrons. The summed E-state index contributed by atoms with van der Waals surface area (Å²) in [6.45, 7) is 1.72. The number of aryl methyl sites for hydroxylation is 1. The first-order chi connectivity index (χ1) is 10.5. The lowest BCUT2D eigenvalue weighted by Crippen LogP contribution is -1.99. The Kier molecular flexibility index (Phi) is 3.33. The van der Waals surface area contributed by atoms with Crippen molar-refractivity contribution in [2.45, 2.75) is 6.92 Å². The molecule has 1 heterocycles. The van der Waals surface area contributed by atoms with Crippen molar-refractivity contribution in [2.24, 2.45) is 0 Å². The van der Waals surface area contributed by atoms with Gasteiger partial charge in [-0.1, -0.05) is 18.2 Å². The molecule has 3 rings (SSSR count). The number of aromatic carboxylic acids is 1. The van der Waals surface area contributed by atoms with Gasteiger partial charge in [-0.2, -0.15) is 0 Å². The Bertz CT molecular complexity index is 886. The van der Waals surface area contributed by atoms with Crippen LogP contribution in [-0.4, -0.2) is 16.1 Å². The van der Waals surface area contributed by atoms with E-state index in [4.69, 9.17) is 5.11 Å². The van der Waals surface area contributed by atoms with Gasteiger partial charge in [0.15, 0.2) is 0 Å². The highest BCUT2D eigenvalue weighted by atomic mass is 19.1. The minimum atomic E-state index is -1.14. The molecule has 0 amide bonds. The molecule has 5 heteroatoms. The lowest BCUT2D eigenvalue weighted by molar-refractivity contribution is 0.0697. The third kappa shape index (κ3) is 2.20. The average molecular weight is 299 g/mol. The van der Waals surface area contributed by atoms with E-state index in [9.17, 15) is 13.6 Å². The average Bonchev–Trinajstić information content (AvgIpc) is 2.49. The van der Waals surface area contributed by atoms with Crippen LogP contribution in [0.5, 0.6) is 0 Å². The van der Waals surface area contributed by atoms with Crippen molar-refractivity contribution in [3.63, 3.8) is 0 Å². The van der Waals surface area contributed by atoms with E-state index in [0.717, 1.165) is 6.20 Å². The van der Waals surface area contributed by atoms with Crippen LogP contribution >= 0.6 is 0 Å². The van der Waals surface area contributed by atoms with Crippen molar-refractivity contribution >= 4 is 16.7 Å². The van der Waals surface area contributed by atoms with Crippen LogP contribution in [0.1, 0.15) is 15.9 Å². The van der Waals surface area contributed by atoms with Crippen molar-refractivity contribution in [1.29, 1.82) is 0 Å². The summed E-state index contributed by atoms with van der Waals surface area (Å²) in [6, 6.07) is 8.58. The molecule has 3 nitrogen and oxygen atoms in total. The van der Waals surface area contributed by atoms with Gasteiger partial charge in [0.2, 0.25) is 0 Å². The molecule has 0 fully saturated rings. The molecule has 0 saturated heterocycles. The van der Waals surface area contributed by atoms with E-state index in [-0.39, 0.29) is 27.6 Å². The summed E-state index contributed by atoms with van der Waals surface area (Å²) in [5.41, 5.74) is 1.11. The van der Waals surface area contributed by atoms with Crippen molar-refractivity contribution in [1.82, 2.24) is 4.98 Å². The smallest absolute Gasteiger partial charge is 0.335 e. The maximum atomic E-state index is 14.2. The number of halogens is 2. The lowest BCUT2D eigenvalue weighted by Gasteiger charge is -2.11. The molecule has 22 heavy (non-hydrogen) atoms. The number of benzene rings is 2. The fraction of sp³-hybridized carbons (Fsp3) is 0.0588. The molecule has 0 aliphatic heterocycles. The highest BCUT2D eigenvalue weighted by Crippen LogP contribution is 2.32. The third-order valence-corrected chi connectivity index (χ3v) is 3.54. The number of carbonyl (C=O) groups is 1. The number of aromatic nitrogens is 1. The van der Waals surface area contributed by atoms with Crippen LogP contribution in [0.25, 0.3) is 22.0 Å². The maximum absolute atomic E-state index is 14.2. The fourth-order valence-corrected chi connectivity index (χ4v) is 2.47. The van der Waals surface area contributed by atoms with Gasteiger partial charge in [-0.25, -0.2) is 13.6 Å². The molecule has 2 aromatic carbocycles. The highest BCUT2D eigenvalue weighted by Gasteiger charge is 2.16. The van der Waals surface area contributed by atoms with Crippen LogP contribution in [0.3, 0.4) is 0 Å². The zero-order chi connectivity index (χ0) is 15.9. The Hall–Kier alpha value is -2.82. The minimum absolute atomic E-state index is 0.00450. The number of hydrogen-bond acceptors (Lipinski definition) is 2. The van der Waals surface area contributed by atoms with Gasteiger partial charge in [0, 0.05) is 16.3 Å². The Labute approximate surface area is 124 Å². The Morgan fingerprint density at radius 3 is 2.55 bits per heavy atom. The molecule has 0 saturated carbocycles. The van der Waals surface area contributed by atoms with Crippen LogP contribution in [-0.2, 0) is 0 Å². The van der Waals surface area contributed by atoms with Crippen LogP contribution in [0.15, 0.2) is 42.6 Å². The first kappa shape index (κ1) is 14.1. The van der Waals surface area contributed by atoms with Crippen molar-refractivity contribution in [3.8, 4) is 11.3 Å². The van der Waals surface area contributed by atoms with E-state index in [1.54, 1.807) is 19.1 Å². The predicted molar refractivity (Wildman–Crippen MR) is 78.8 cm³/mol. The first-order valence-corrected chi connectivity index (χ1v) is 6.56. The molecule has 0 unspecified atom stereocenters. The number of pyridine rings is 1. The number of carboxylic acid groups (broad SMARTS) is 1. The van der Waals surface area contributed by atoms with E-state index in [0.29, 0.717) is 5.56 Å². The van der Waals surface area contributed by atoms with E-state index < -0.39 is 17.6 Å². The standard InChI is InChI=1S/C17H11F2NO2/c1-9-3-2-4-13(18)15(9)16-12-7-10(17(21)22)5-6-11(12)14(19)8-20-16/h2-8H,1H3,(H,21,22). The van der Waals surface area contributed by atoms with Gasteiger partial charge in [0.05, 0.1) is 17.5 Å². The molecule has 0 bridgehead atoms. The van der Waals surface area contributed by atoms with E-state index in [2.05, 4.69) is 4.98 Å². The second kappa shape index (κ2) is 5.18. The van der Waals surface area contributed by atoms with Gasteiger partial charge in [0.25, 0.3) is 0 Å². The van der Waals surface area contributed by atoms with E-state index in [1.807, 2.05) is 0 Å². The molecule has 0 atom stereocenters. The maximum Gasteiger partial charge on any atom is 0.335 e. The van der Waals surface area contributed by atoms with Crippen molar-refractivity contribution in [2.75, 3.05) is 0 Å². The monoisotopic (exact) mass is 299 g/mol. The second-order valence-electron chi connectivity index (χ2n) is 4.95. The number of nitrogens with zero attached hydrogens (tertiary/aromatic N) is 1. The number of fused-ring (bicyclic) bond motifs is 1. The quantitative estimate of drug-likeness (QED) is 0.772. The summed E-state index contributed by atoms with van der Waals surface area (Å²) in [6.07, 6.45) is 1.02. The summed E-state index contributed by atoms with van der Waals surface area (Å²) in [4.78, 5) is 15.1. The summed E-state index contributed by atoms with van der Waals surface area (Å²) in [5.74, 6) is -2.20. The molecule has 3 aromatic rings. The van der Waals surface area contributed by atoms with Crippen LogP contribution in [0.2, 0.25) is 0 Å². The molecule has 0 spiro atoms. The normalized spacial score (nSPS) is 10.9. The molecule has 110 valence electrons. The molecule has 0 aliphatic rings.